The maximum atomic E-state index is 12.4. The van der Waals surface area contributed by atoms with Crippen molar-refractivity contribution in [3.63, 3.8) is 0 Å². The molecule has 3 aromatic rings. The van der Waals surface area contributed by atoms with Crippen LogP contribution in [-0.4, -0.2) is 24.0 Å². The highest BCUT2D eigenvalue weighted by molar-refractivity contribution is 5.67. The third kappa shape index (κ3) is 8.80. The lowest BCUT2D eigenvalue weighted by atomic mass is 10.0. The van der Waals surface area contributed by atoms with Crippen molar-refractivity contribution in [1.29, 1.82) is 0 Å². The number of nitrogens with one attached hydrogen (secondary N) is 2. The summed E-state index contributed by atoms with van der Waals surface area (Å²) in [6.07, 6.45) is -4.66. The van der Waals surface area contributed by atoms with Crippen LogP contribution in [-0.2, 0) is 22.8 Å². The molecule has 6 nitrogen and oxygen atoms in total. The SMILES string of the molecule is C=C(NOCc1ccc(-c2cccc(OC(F)(F)F)c2)cc1)c1ccc(CNCCC(=O)O)cc1. The van der Waals surface area contributed by atoms with Gasteiger partial charge in [-0.25, -0.2) is 0 Å². The second-order valence-electron chi connectivity index (χ2n) is 7.66. The zero-order valence-electron chi connectivity index (χ0n) is 18.8. The first-order chi connectivity index (χ1) is 16.7. The topological polar surface area (TPSA) is 79.8 Å². The number of carbonyl (C=O) groups is 1. The van der Waals surface area contributed by atoms with Gasteiger partial charge in [-0.15, -0.1) is 13.2 Å². The summed E-state index contributed by atoms with van der Waals surface area (Å²) in [5.74, 6) is -1.11. The van der Waals surface area contributed by atoms with Gasteiger partial charge in [0.25, 0.3) is 0 Å². The minimum absolute atomic E-state index is 0.0724. The Labute approximate surface area is 201 Å². The highest BCUT2D eigenvalue weighted by atomic mass is 19.4. The fourth-order valence-electron chi connectivity index (χ4n) is 3.18. The molecule has 3 aromatic carbocycles. The van der Waals surface area contributed by atoms with E-state index in [1.807, 2.05) is 36.4 Å². The van der Waals surface area contributed by atoms with Crippen molar-refractivity contribution >= 4 is 11.7 Å². The van der Waals surface area contributed by atoms with Crippen LogP contribution in [0.25, 0.3) is 16.8 Å². The van der Waals surface area contributed by atoms with Crippen molar-refractivity contribution in [3.05, 3.63) is 96.1 Å². The molecule has 3 rings (SSSR count). The molecule has 184 valence electrons. The van der Waals surface area contributed by atoms with Crippen molar-refractivity contribution < 1.29 is 32.6 Å². The molecule has 0 aromatic heterocycles. The predicted molar refractivity (Wildman–Crippen MR) is 126 cm³/mol. The molecule has 0 aliphatic carbocycles. The number of alkyl halides is 3. The second kappa shape index (κ2) is 12.0. The Bertz CT molecular complexity index is 1130. The van der Waals surface area contributed by atoms with Crippen LogP contribution >= 0.6 is 0 Å². The van der Waals surface area contributed by atoms with E-state index in [9.17, 15) is 18.0 Å². The smallest absolute Gasteiger partial charge is 0.481 e. The van der Waals surface area contributed by atoms with Crippen LogP contribution in [0.2, 0.25) is 0 Å². The molecule has 0 aliphatic heterocycles. The molecule has 0 atom stereocenters. The second-order valence-corrected chi connectivity index (χ2v) is 7.66. The predicted octanol–water partition coefficient (Wildman–Crippen LogP) is 5.51. The average Bonchev–Trinajstić information content (AvgIpc) is 2.81. The van der Waals surface area contributed by atoms with Crippen LogP contribution in [0.4, 0.5) is 13.2 Å². The van der Waals surface area contributed by atoms with Crippen LogP contribution in [0.15, 0.2) is 79.4 Å². The number of benzene rings is 3. The van der Waals surface area contributed by atoms with Crippen LogP contribution in [0.3, 0.4) is 0 Å². The quantitative estimate of drug-likeness (QED) is 0.232. The van der Waals surface area contributed by atoms with E-state index in [1.165, 1.54) is 18.2 Å². The zero-order chi connectivity index (χ0) is 25.3. The van der Waals surface area contributed by atoms with Gasteiger partial charge in [-0.3, -0.25) is 15.1 Å². The Morgan fingerprint density at radius 3 is 2.29 bits per heavy atom. The Kier molecular flexibility index (Phi) is 8.88. The minimum Gasteiger partial charge on any atom is -0.481 e. The van der Waals surface area contributed by atoms with Crippen LogP contribution in [0.1, 0.15) is 23.1 Å². The van der Waals surface area contributed by atoms with Gasteiger partial charge < -0.3 is 15.2 Å². The lowest BCUT2D eigenvalue weighted by Crippen LogP contribution is -2.17. The maximum Gasteiger partial charge on any atom is 0.573 e. The van der Waals surface area contributed by atoms with Crippen molar-refractivity contribution in [2.24, 2.45) is 0 Å². The number of hydroxylamine groups is 1. The standard InChI is InChI=1S/C26H25F3N2O4/c1-18(21-9-5-19(6-10-21)16-30-14-13-25(32)33)31-34-17-20-7-11-22(12-8-20)23-3-2-4-24(15-23)35-26(27,28)29/h2-12,15,30-31H,1,13-14,16-17H2,(H,32,33). The fraction of sp³-hybridized carbons (Fsp3) is 0.192. The molecule has 0 radical (unpaired) electrons. The molecule has 9 heteroatoms. The number of carboxylic acids is 1. The molecule has 0 bridgehead atoms. The number of halogens is 3. The van der Waals surface area contributed by atoms with E-state index in [0.29, 0.717) is 24.4 Å². The Hall–Kier alpha value is -3.82. The summed E-state index contributed by atoms with van der Waals surface area (Å²) in [7, 11) is 0. The molecule has 0 aliphatic rings. The van der Waals surface area contributed by atoms with E-state index < -0.39 is 12.3 Å². The lowest BCUT2D eigenvalue weighted by Gasteiger charge is -2.12. The van der Waals surface area contributed by atoms with E-state index in [0.717, 1.165) is 22.3 Å². The fourth-order valence-corrected chi connectivity index (χ4v) is 3.18. The summed E-state index contributed by atoms with van der Waals surface area (Å²) in [5, 5.41) is 11.7. The maximum absolute atomic E-state index is 12.4. The van der Waals surface area contributed by atoms with Crippen molar-refractivity contribution in [1.82, 2.24) is 10.8 Å². The molecule has 0 amide bonds. The van der Waals surface area contributed by atoms with E-state index in [-0.39, 0.29) is 18.8 Å². The first-order valence-electron chi connectivity index (χ1n) is 10.7. The first-order valence-corrected chi connectivity index (χ1v) is 10.7. The number of aliphatic carboxylic acids is 1. The van der Waals surface area contributed by atoms with Gasteiger partial charge in [-0.05, 0) is 39.9 Å². The number of carboxylic acid groups (broad SMARTS) is 1. The van der Waals surface area contributed by atoms with Gasteiger partial charge in [-0.2, -0.15) is 0 Å². The number of hydrogen-bond acceptors (Lipinski definition) is 5. The highest BCUT2D eigenvalue weighted by Crippen LogP contribution is 2.28. The van der Waals surface area contributed by atoms with Gasteiger partial charge in [0.15, 0.2) is 0 Å². The molecule has 0 saturated carbocycles. The normalized spacial score (nSPS) is 11.2. The summed E-state index contributed by atoms with van der Waals surface area (Å²) in [4.78, 5) is 16.1. The molecule has 3 N–H and O–H groups in total. The van der Waals surface area contributed by atoms with E-state index in [1.54, 1.807) is 18.2 Å². The van der Waals surface area contributed by atoms with Crippen molar-refractivity contribution in [2.75, 3.05) is 6.54 Å². The molecule has 0 unspecified atom stereocenters. The third-order valence-corrected chi connectivity index (χ3v) is 4.94. The van der Waals surface area contributed by atoms with Gasteiger partial charge in [0, 0.05) is 13.1 Å². The Morgan fingerprint density at radius 1 is 0.943 bits per heavy atom. The summed E-state index contributed by atoms with van der Waals surface area (Å²) in [5.41, 5.74) is 7.46. The van der Waals surface area contributed by atoms with Gasteiger partial charge in [0.2, 0.25) is 0 Å². The minimum atomic E-state index is -4.74. The monoisotopic (exact) mass is 486 g/mol. The molecule has 0 heterocycles. The van der Waals surface area contributed by atoms with E-state index >= 15 is 0 Å². The molecule has 35 heavy (non-hydrogen) atoms. The van der Waals surface area contributed by atoms with Crippen molar-refractivity contribution in [2.45, 2.75) is 25.9 Å². The van der Waals surface area contributed by atoms with Gasteiger partial charge in [0.1, 0.15) is 5.75 Å². The van der Waals surface area contributed by atoms with Gasteiger partial charge >= 0.3 is 12.3 Å². The van der Waals surface area contributed by atoms with Gasteiger partial charge in [-0.1, -0.05) is 67.2 Å². The molecular formula is C26H25F3N2O4. The van der Waals surface area contributed by atoms with Crippen molar-refractivity contribution in [3.8, 4) is 16.9 Å². The number of ether oxygens (including phenoxy) is 1. The number of rotatable bonds is 12. The molecule has 0 fully saturated rings. The van der Waals surface area contributed by atoms with Crippen LogP contribution in [0, 0.1) is 0 Å². The molecule has 0 saturated heterocycles. The van der Waals surface area contributed by atoms with Gasteiger partial charge in [0.05, 0.1) is 18.7 Å². The molecular weight excluding hydrogens is 461 g/mol. The largest absolute Gasteiger partial charge is 0.573 e. The Morgan fingerprint density at radius 2 is 1.63 bits per heavy atom. The summed E-state index contributed by atoms with van der Waals surface area (Å²) < 4.78 is 41.3. The molecule has 0 spiro atoms. The van der Waals surface area contributed by atoms with E-state index in [4.69, 9.17) is 9.94 Å². The van der Waals surface area contributed by atoms with Crippen LogP contribution < -0.4 is 15.5 Å². The number of hydrogen-bond donors (Lipinski definition) is 3. The summed E-state index contributed by atoms with van der Waals surface area (Å²) in [6, 6.07) is 20.7. The van der Waals surface area contributed by atoms with Crippen LogP contribution in [0.5, 0.6) is 5.75 Å². The summed E-state index contributed by atoms with van der Waals surface area (Å²) >= 11 is 0. The lowest BCUT2D eigenvalue weighted by molar-refractivity contribution is -0.274. The summed E-state index contributed by atoms with van der Waals surface area (Å²) in [6.45, 7) is 5.18. The first kappa shape index (κ1) is 25.8. The zero-order valence-corrected chi connectivity index (χ0v) is 18.8. The Balaban J connectivity index is 1.46. The average molecular weight is 486 g/mol. The van der Waals surface area contributed by atoms with E-state index in [2.05, 4.69) is 22.1 Å². The highest BCUT2D eigenvalue weighted by Gasteiger charge is 2.31. The third-order valence-electron chi connectivity index (χ3n) is 4.94.